The molecular formula is C50H32N2OS. The Kier molecular flexibility index (Phi) is 6.00. The Hall–Kier alpha value is -6.49. The first-order valence-electron chi connectivity index (χ1n) is 18.5. The lowest BCUT2D eigenvalue weighted by Crippen LogP contribution is -2.16. The fourth-order valence-electron chi connectivity index (χ4n) is 9.22. The van der Waals surface area contributed by atoms with E-state index in [1.807, 2.05) is 11.3 Å². The number of thiophene rings is 1. The van der Waals surface area contributed by atoms with Gasteiger partial charge in [-0.05, 0) is 93.7 Å². The highest BCUT2D eigenvalue weighted by atomic mass is 32.1. The van der Waals surface area contributed by atoms with E-state index in [0.29, 0.717) is 5.89 Å². The van der Waals surface area contributed by atoms with Gasteiger partial charge in [-0.25, -0.2) is 4.98 Å². The summed E-state index contributed by atoms with van der Waals surface area (Å²) in [5.74, 6) is 1.49. The molecule has 0 saturated heterocycles. The SMILES string of the molecule is CC1(C)c2ccccc2-c2ccc(N(c3ccc4sc5ccccc5c4c3)c3ccc4c5c(cccc35)-c3oc(-c5ccc6ccccc6c5)nc3-4)cc21. The molecule has 0 bridgehead atoms. The molecule has 0 N–H and O–H groups in total. The molecule has 2 aliphatic rings. The lowest BCUT2D eigenvalue weighted by Gasteiger charge is -2.29. The van der Waals surface area contributed by atoms with Crippen LogP contribution in [0.1, 0.15) is 25.0 Å². The summed E-state index contributed by atoms with van der Waals surface area (Å²) < 4.78 is 9.27. The monoisotopic (exact) mass is 708 g/mol. The average Bonchev–Trinajstić information content (AvgIpc) is 3.95. The largest absolute Gasteiger partial charge is 0.435 e. The number of hydrogen-bond donors (Lipinski definition) is 0. The molecular weight excluding hydrogens is 677 g/mol. The Bertz CT molecular complexity index is 3190. The van der Waals surface area contributed by atoms with E-state index >= 15 is 0 Å². The van der Waals surface area contributed by atoms with Crippen LogP contribution < -0.4 is 4.90 Å². The molecule has 0 atom stereocenters. The smallest absolute Gasteiger partial charge is 0.227 e. The molecule has 12 rings (SSSR count). The molecule has 0 fully saturated rings. The third kappa shape index (κ3) is 4.09. The Labute approximate surface area is 316 Å². The minimum atomic E-state index is -0.119. The minimum absolute atomic E-state index is 0.119. The zero-order chi connectivity index (χ0) is 35.7. The number of rotatable bonds is 4. The summed E-state index contributed by atoms with van der Waals surface area (Å²) in [5, 5.41) is 7.31. The van der Waals surface area contributed by atoms with Crippen LogP contribution >= 0.6 is 11.3 Å². The fourth-order valence-corrected chi connectivity index (χ4v) is 10.3. The van der Waals surface area contributed by atoms with Crippen LogP contribution in [0.4, 0.5) is 17.1 Å². The molecule has 8 aromatic carbocycles. The summed E-state index contributed by atoms with van der Waals surface area (Å²) in [7, 11) is 0. The van der Waals surface area contributed by atoms with Crippen LogP contribution in [0.2, 0.25) is 0 Å². The number of fused-ring (bicyclic) bond motifs is 10. The summed E-state index contributed by atoms with van der Waals surface area (Å²) in [6, 6.07) is 57.6. The van der Waals surface area contributed by atoms with Gasteiger partial charge >= 0.3 is 0 Å². The van der Waals surface area contributed by atoms with Crippen LogP contribution in [-0.2, 0) is 5.41 Å². The van der Waals surface area contributed by atoms with Gasteiger partial charge in [0.1, 0.15) is 5.69 Å². The van der Waals surface area contributed by atoms with Crippen LogP contribution in [0.15, 0.2) is 162 Å². The van der Waals surface area contributed by atoms with Crippen molar-refractivity contribution in [3.05, 3.63) is 169 Å². The van der Waals surface area contributed by atoms with Gasteiger partial charge in [0.2, 0.25) is 5.89 Å². The summed E-state index contributed by atoms with van der Waals surface area (Å²) >= 11 is 1.86. The molecule has 0 aliphatic heterocycles. The van der Waals surface area contributed by atoms with Gasteiger partial charge in [-0.1, -0.05) is 111 Å². The lowest BCUT2D eigenvalue weighted by atomic mass is 9.82. The van der Waals surface area contributed by atoms with Crippen molar-refractivity contribution < 1.29 is 4.42 Å². The minimum Gasteiger partial charge on any atom is -0.435 e. The van der Waals surface area contributed by atoms with Gasteiger partial charge in [0.05, 0.1) is 5.69 Å². The summed E-state index contributed by atoms with van der Waals surface area (Å²) in [4.78, 5) is 7.61. The van der Waals surface area contributed by atoms with E-state index in [0.717, 1.165) is 45.2 Å². The Morgan fingerprint density at radius 1 is 0.537 bits per heavy atom. The number of oxazole rings is 1. The van der Waals surface area contributed by atoms with E-state index in [4.69, 9.17) is 9.40 Å². The molecule has 0 amide bonds. The Balaban J connectivity index is 1.06. The van der Waals surface area contributed by atoms with Crippen LogP contribution in [0.3, 0.4) is 0 Å². The van der Waals surface area contributed by atoms with E-state index < -0.39 is 0 Å². The van der Waals surface area contributed by atoms with Crippen molar-refractivity contribution in [2.24, 2.45) is 0 Å². The van der Waals surface area contributed by atoms with Crippen molar-refractivity contribution in [1.29, 1.82) is 0 Å². The van der Waals surface area contributed by atoms with E-state index in [9.17, 15) is 0 Å². The van der Waals surface area contributed by atoms with Crippen LogP contribution in [0.25, 0.3) is 86.9 Å². The second kappa shape index (κ2) is 10.8. The van der Waals surface area contributed by atoms with Gasteiger partial charge in [-0.3, -0.25) is 0 Å². The number of aromatic nitrogens is 1. The number of anilines is 3. The highest BCUT2D eigenvalue weighted by Gasteiger charge is 2.36. The molecule has 2 aliphatic carbocycles. The van der Waals surface area contributed by atoms with Gasteiger partial charge in [-0.2, -0.15) is 0 Å². The Morgan fingerprint density at radius 2 is 1.26 bits per heavy atom. The second-order valence-electron chi connectivity index (χ2n) is 15.1. The van der Waals surface area contributed by atoms with E-state index in [1.165, 1.54) is 64.0 Å². The summed E-state index contributed by atoms with van der Waals surface area (Å²) in [6.07, 6.45) is 0. The highest BCUT2D eigenvalue weighted by Crippen LogP contribution is 2.54. The van der Waals surface area contributed by atoms with Crippen molar-refractivity contribution >= 4 is 70.1 Å². The maximum absolute atomic E-state index is 6.66. The number of benzene rings is 8. The maximum Gasteiger partial charge on any atom is 0.227 e. The highest BCUT2D eigenvalue weighted by molar-refractivity contribution is 7.25. The second-order valence-corrected chi connectivity index (χ2v) is 16.2. The van der Waals surface area contributed by atoms with Crippen molar-refractivity contribution in [2.75, 3.05) is 4.90 Å². The van der Waals surface area contributed by atoms with Gasteiger partial charge < -0.3 is 9.32 Å². The predicted molar refractivity (Wildman–Crippen MR) is 227 cm³/mol. The molecule has 4 heteroatoms. The lowest BCUT2D eigenvalue weighted by molar-refractivity contribution is 0.590. The van der Waals surface area contributed by atoms with Gasteiger partial charge in [0.15, 0.2) is 5.76 Å². The first kappa shape index (κ1) is 30.0. The van der Waals surface area contributed by atoms with Crippen LogP contribution in [0.5, 0.6) is 0 Å². The van der Waals surface area contributed by atoms with Crippen LogP contribution in [0, 0.1) is 0 Å². The zero-order valence-corrected chi connectivity index (χ0v) is 30.5. The molecule has 2 heterocycles. The molecule has 2 aromatic heterocycles. The zero-order valence-electron chi connectivity index (χ0n) is 29.7. The summed E-state index contributed by atoms with van der Waals surface area (Å²) in [6.45, 7) is 4.71. The topological polar surface area (TPSA) is 29.3 Å². The maximum atomic E-state index is 6.66. The van der Waals surface area contributed by atoms with Crippen molar-refractivity contribution in [3.8, 4) is 45.2 Å². The first-order chi connectivity index (χ1) is 26.5. The average molecular weight is 709 g/mol. The fraction of sp³-hybridized carbons (Fsp3) is 0.0600. The molecule has 10 aromatic rings. The first-order valence-corrected chi connectivity index (χ1v) is 19.4. The third-order valence-electron chi connectivity index (χ3n) is 11.8. The van der Waals surface area contributed by atoms with E-state index in [-0.39, 0.29) is 5.41 Å². The molecule has 0 spiro atoms. The van der Waals surface area contributed by atoms with E-state index in [1.54, 1.807) is 0 Å². The third-order valence-corrected chi connectivity index (χ3v) is 13.0. The molecule has 254 valence electrons. The van der Waals surface area contributed by atoms with Gasteiger partial charge in [0, 0.05) is 64.4 Å². The standard InChI is InChI=1S/C50H32N2OS/c1-50(2)41-16-7-5-12-34(41)35-22-20-33(28-42(35)50)52(32-21-25-45-40(27-32)36-13-6-8-17-44(36)54-45)43-24-23-38-46-37(43)14-9-15-39(46)48-47(38)51-49(53-48)31-19-18-29-10-3-4-11-30(29)26-31/h3-28H,1-2H3. The predicted octanol–water partition coefficient (Wildman–Crippen LogP) is 14.4. The molecule has 0 radical (unpaired) electrons. The summed E-state index contributed by atoms with van der Waals surface area (Å²) in [5.41, 5.74) is 12.7. The van der Waals surface area contributed by atoms with Gasteiger partial charge in [0.25, 0.3) is 0 Å². The van der Waals surface area contributed by atoms with Crippen LogP contribution in [-0.4, -0.2) is 4.98 Å². The van der Waals surface area contributed by atoms with E-state index in [2.05, 4.69) is 176 Å². The molecule has 3 nitrogen and oxygen atoms in total. The van der Waals surface area contributed by atoms with Crippen molar-refractivity contribution in [3.63, 3.8) is 0 Å². The van der Waals surface area contributed by atoms with Crippen molar-refractivity contribution in [1.82, 2.24) is 4.98 Å². The molecule has 0 unspecified atom stereocenters. The van der Waals surface area contributed by atoms with Crippen molar-refractivity contribution in [2.45, 2.75) is 19.3 Å². The normalized spacial score (nSPS) is 13.5. The molecule has 54 heavy (non-hydrogen) atoms. The van der Waals surface area contributed by atoms with Gasteiger partial charge in [-0.15, -0.1) is 11.3 Å². The molecule has 0 saturated carbocycles. The quantitative estimate of drug-likeness (QED) is 0.182. The number of hydrogen-bond acceptors (Lipinski definition) is 4. The Morgan fingerprint density at radius 3 is 2.20 bits per heavy atom. The number of nitrogens with zero attached hydrogens (tertiary/aromatic N) is 2.